The van der Waals surface area contributed by atoms with Crippen molar-refractivity contribution in [1.29, 1.82) is 0 Å². The molecule has 0 aliphatic carbocycles. The lowest BCUT2D eigenvalue weighted by Gasteiger charge is -2.22. The molecular weight excluding hydrogens is 577 g/mol. The standard InChI is InChI=1S/C28H27FN2O6S.CF2O/c1-17(2)27-23(26(30-37-27)22-10-5-6-11-24(22)29)16-36-20-12-13-25(18(3)14-20)31(4)38(34,35)21-9-7-8-19(15-21)28(32)33;2-1(3)4/h5-15,17H,16H2,1-4H3,(H,32,33);. The lowest BCUT2D eigenvalue weighted by atomic mass is 10.0. The van der Waals surface area contributed by atoms with E-state index in [9.17, 15) is 31.5 Å². The fraction of sp³-hybridized carbons (Fsp3) is 0.207. The summed E-state index contributed by atoms with van der Waals surface area (Å²) in [5.41, 5.74) is 2.21. The summed E-state index contributed by atoms with van der Waals surface area (Å²) in [7, 11) is -2.61. The van der Waals surface area contributed by atoms with Crippen LogP contribution >= 0.6 is 0 Å². The van der Waals surface area contributed by atoms with E-state index in [0.29, 0.717) is 39.6 Å². The van der Waals surface area contributed by atoms with Gasteiger partial charge in [-0.3, -0.25) is 4.31 Å². The van der Waals surface area contributed by atoms with E-state index in [4.69, 9.17) is 14.1 Å². The molecule has 13 heteroatoms. The minimum Gasteiger partial charge on any atom is -0.489 e. The maximum atomic E-state index is 14.5. The molecule has 222 valence electrons. The summed E-state index contributed by atoms with van der Waals surface area (Å²) in [6.45, 7) is 5.69. The van der Waals surface area contributed by atoms with Crippen molar-refractivity contribution in [2.45, 2.75) is 38.2 Å². The number of carboxylic acid groups (broad SMARTS) is 1. The number of aryl methyl sites for hydroxylation is 1. The Balaban J connectivity index is 0.00000114. The van der Waals surface area contributed by atoms with Gasteiger partial charge in [0.2, 0.25) is 0 Å². The second kappa shape index (κ2) is 13.3. The molecule has 0 unspecified atom stereocenters. The summed E-state index contributed by atoms with van der Waals surface area (Å²) in [4.78, 5) is 19.3. The zero-order valence-electron chi connectivity index (χ0n) is 23.0. The van der Waals surface area contributed by atoms with E-state index in [1.165, 1.54) is 31.3 Å². The lowest BCUT2D eigenvalue weighted by Crippen LogP contribution is -2.27. The molecule has 0 aliphatic rings. The minimum atomic E-state index is -4.01. The first-order chi connectivity index (χ1) is 19.7. The molecule has 0 amide bonds. The summed E-state index contributed by atoms with van der Waals surface area (Å²) in [5.74, 6) is -0.583. The van der Waals surface area contributed by atoms with Gasteiger partial charge in [-0.05, 0) is 61.0 Å². The first-order valence-corrected chi connectivity index (χ1v) is 13.8. The Morgan fingerprint density at radius 1 is 1.05 bits per heavy atom. The van der Waals surface area contributed by atoms with Crippen LogP contribution in [0, 0.1) is 12.7 Å². The molecule has 4 rings (SSSR count). The number of rotatable bonds is 9. The van der Waals surface area contributed by atoms with Crippen LogP contribution in [0.25, 0.3) is 11.3 Å². The van der Waals surface area contributed by atoms with E-state index in [0.717, 1.165) is 10.4 Å². The molecule has 0 saturated heterocycles. The van der Waals surface area contributed by atoms with Gasteiger partial charge in [0.1, 0.15) is 29.6 Å². The van der Waals surface area contributed by atoms with E-state index >= 15 is 0 Å². The Hall–Kier alpha value is -4.65. The number of hydrogen-bond acceptors (Lipinski definition) is 7. The molecule has 4 aromatic rings. The number of nitrogens with zero attached hydrogens (tertiary/aromatic N) is 2. The second-order valence-electron chi connectivity index (χ2n) is 9.28. The van der Waals surface area contributed by atoms with Gasteiger partial charge < -0.3 is 14.4 Å². The molecule has 0 bridgehead atoms. The van der Waals surface area contributed by atoms with E-state index in [1.54, 1.807) is 43.3 Å². The Labute approximate surface area is 240 Å². The van der Waals surface area contributed by atoms with Crippen LogP contribution < -0.4 is 9.04 Å². The number of sulfonamides is 1. The first kappa shape index (κ1) is 31.9. The van der Waals surface area contributed by atoms with Gasteiger partial charge >= 0.3 is 12.3 Å². The van der Waals surface area contributed by atoms with Gasteiger partial charge in [0.15, 0.2) is 0 Å². The molecule has 42 heavy (non-hydrogen) atoms. The number of aromatic carboxylic acids is 1. The SMILES string of the molecule is Cc1cc(OCc2c(-c3ccccc3F)noc2C(C)C)ccc1N(C)S(=O)(=O)c1cccc(C(=O)O)c1.O=C(F)F. The number of carboxylic acids is 1. The Bertz CT molecular complexity index is 1700. The van der Waals surface area contributed by atoms with Crippen LogP contribution in [0.4, 0.5) is 23.7 Å². The predicted molar refractivity (Wildman–Crippen MR) is 148 cm³/mol. The average molecular weight is 605 g/mol. The van der Waals surface area contributed by atoms with Crippen molar-refractivity contribution in [3.63, 3.8) is 0 Å². The van der Waals surface area contributed by atoms with Crippen molar-refractivity contribution >= 4 is 28.0 Å². The molecule has 0 aliphatic heterocycles. The Kier molecular flexibility index (Phi) is 10.1. The van der Waals surface area contributed by atoms with Crippen molar-refractivity contribution in [1.82, 2.24) is 5.16 Å². The maximum absolute atomic E-state index is 14.5. The van der Waals surface area contributed by atoms with Crippen molar-refractivity contribution in [2.24, 2.45) is 0 Å². The third-order valence-electron chi connectivity index (χ3n) is 6.10. The van der Waals surface area contributed by atoms with Crippen LogP contribution in [-0.4, -0.2) is 38.0 Å². The number of halogens is 3. The fourth-order valence-electron chi connectivity index (χ4n) is 4.08. The maximum Gasteiger partial charge on any atom is 0.483 e. The van der Waals surface area contributed by atoms with Crippen molar-refractivity contribution in [3.05, 3.63) is 95.0 Å². The topological polar surface area (TPSA) is 127 Å². The van der Waals surface area contributed by atoms with Gasteiger partial charge in [0.25, 0.3) is 10.0 Å². The highest BCUT2D eigenvalue weighted by Gasteiger charge is 2.25. The molecule has 1 N–H and O–H groups in total. The van der Waals surface area contributed by atoms with Gasteiger partial charge in [0.05, 0.1) is 21.7 Å². The summed E-state index contributed by atoms with van der Waals surface area (Å²) < 4.78 is 72.9. The second-order valence-corrected chi connectivity index (χ2v) is 11.2. The quantitative estimate of drug-likeness (QED) is 0.201. The molecule has 1 heterocycles. The fourth-order valence-corrected chi connectivity index (χ4v) is 5.39. The van der Waals surface area contributed by atoms with Gasteiger partial charge in [-0.1, -0.05) is 37.2 Å². The van der Waals surface area contributed by atoms with E-state index in [-0.39, 0.29) is 23.0 Å². The minimum absolute atomic E-state index is 0.00998. The summed E-state index contributed by atoms with van der Waals surface area (Å²) in [6, 6.07) is 16.4. The largest absolute Gasteiger partial charge is 0.489 e. The highest BCUT2D eigenvalue weighted by atomic mass is 32.2. The molecule has 0 saturated carbocycles. The number of hydrogen-bond donors (Lipinski definition) is 1. The van der Waals surface area contributed by atoms with Crippen LogP contribution in [0.3, 0.4) is 0 Å². The summed E-state index contributed by atoms with van der Waals surface area (Å²) >= 11 is 0. The van der Waals surface area contributed by atoms with Crippen LogP contribution in [0.1, 0.15) is 47.0 Å². The number of aromatic nitrogens is 1. The average Bonchev–Trinajstić information content (AvgIpc) is 3.35. The molecular formula is C29H27F3N2O7S. The molecule has 0 spiro atoms. The molecule has 3 aromatic carbocycles. The van der Waals surface area contributed by atoms with Gasteiger partial charge in [-0.2, -0.15) is 0 Å². The van der Waals surface area contributed by atoms with Crippen molar-refractivity contribution in [3.8, 4) is 17.0 Å². The number of benzene rings is 3. The number of ether oxygens (including phenoxy) is 1. The lowest BCUT2D eigenvalue weighted by molar-refractivity contribution is 0.0696. The Morgan fingerprint density at radius 3 is 2.31 bits per heavy atom. The third kappa shape index (κ3) is 7.35. The number of carbonyl (C=O) groups is 2. The van der Waals surface area contributed by atoms with Crippen LogP contribution in [-0.2, 0) is 16.6 Å². The molecule has 1 aromatic heterocycles. The molecule has 9 nitrogen and oxygen atoms in total. The highest BCUT2D eigenvalue weighted by Crippen LogP contribution is 2.33. The van der Waals surface area contributed by atoms with Crippen molar-refractivity contribution < 1.29 is 45.5 Å². The van der Waals surface area contributed by atoms with Gasteiger partial charge in [0, 0.05) is 18.5 Å². The zero-order valence-corrected chi connectivity index (χ0v) is 23.8. The summed E-state index contributed by atoms with van der Waals surface area (Å²) in [6.07, 6.45) is -2.83. The van der Waals surface area contributed by atoms with Gasteiger partial charge in [-0.25, -0.2) is 22.4 Å². The van der Waals surface area contributed by atoms with Gasteiger partial charge in [-0.15, -0.1) is 8.78 Å². The van der Waals surface area contributed by atoms with Crippen LogP contribution in [0.5, 0.6) is 5.75 Å². The van der Waals surface area contributed by atoms with E-state index < -0.39 is 28.1 Å². The molecule has 0 atom stereocenters. The molecule has 0 fully saturated rings. The predicted octanol–water partition coefficient (Wildman–Crippen LogP) is 7.06. The van der Waals surface area contributed by atoms with E-state index in [1.807, 2.05) is 13.8 Å². The number of anilines is 1. The normalized spacial score (nSPS) is 11.0. The molecule has 0 radical (unpaired) electrons. The monoisotopic (exact) mass is 604 g/mol. The zero-order chi connectivity index (χ0) is 31.2. The first-order valence-electron chi connectivity index (χ1n) is 12.4. The number of carbonyl (C=O) groups excluding carboxylic acids is 1. The summed E-state index contributed by atoms with van der Waals surface area (Å²) in [5, 5.41) is 13.3. The van der Waals surface area contributed by atoms with Crippen LogP contribution in [0.15, 0.2) is 76.1 Å². The van der Waals surface area contributed by atoms with E-state index in [2.05, 4.69) is 5.16 Å². The van der Waals surface area contributed by atoms with Crippen molar-refractivity contribution in [2.75, 3.05) is 11.4 Å². The Morgan fingerprint density at radius 2 is 1.71 bits per heavy atom. The highest BCUT2D eigenvalue weighted by molar-refractivity contribution is 7.92. The van der Waals surface area contributed by atoms with Crippen LogP contribution in [0.2, 0.25) is 0 Å². The third-order valence-corrected chi connectivity index (χ3v) is 7.87. The smallest absolute Gasteiger partial charge is 0.483 e.